The fraction of sp³-hybridized carbons (Fsp3) is 0.333. The van der Waals surface area contributed by atoms with Gasteiger partial charge in [-0.2, -0.15) is 0 Å². The van der Waals surface area contributed by atoms with Gasteiger partial charge in [0.1, 0.15) is 15.8 Å². The second kappa shape index (κ2) is 10.0. The van der Waals surface area contributed by atoms with Crippen LogP contribution < -0.4 is 10.9 Å². The zero-order valence-electron chi connectivity index (χ0n) is 17.0. The maximum atomic E-state index is 13.3. The molecular weight excluding hydrogens is 420 g/mol. The SMILES string of the molecule is C=CCN1C(=O)/C(=C\c2c(NCCCOCC)nc3ccc(C)cn3c2=O)SC1=S. The monoisotopic (exact) mass is 444 g/mol. The Balaban J connectivity index is 2.02. The average Bonchev–Trinajstić information content (AvgIpc) is 2.98. The number of thiocarbonyl (C=S) groups is 1. The van der Waals surface area contributed by atoms with Crippen LogP contribution in [0.15, 0.2) is 40.7 Å². The molecule has 3 rings (SSSR count). The molecule has 2 aromatic rings. The molecule has 158 valence electrons. The molecule has 0 spiro atoms. The molecular formula is C21H24N4O3S2. The molecule has 9 heteroatoms. The predicted molar refractivity (Wildman–Crippen MR) is 126 cm³/mol. The summed E-state index contributed by atoms with van der Waals surface area (Å²) in [6.07, 6.45) is 5.71. The van der Waals surface area contributed by atoms with Crippen LogP contribution in [0.5, 0.6) is 0 Å². The Morgan fingerprint density at radius 2 is 2.17 bits per heavy atom. The lowest BCUT2D eigenvalue weighted by molar-refractivity contribution is -0.121. The van der Waals surface area contributed by atoms with Crippen LogP contribution in [0.3, 0.4) is 0 Å². The van der Waals surface area contributed by atoms with Crippen LogP contribution in [0.1, 0.15) is 24.5 Å². The Morgan fingerprint density at radius 3 is 2.90 bits per heavy atom. The molecule has 1 saturated heterocycles. The van der Waals surface area contributed by atoms with E-state index < -0.39 is 0 Å². The number of fused-ring (bicyclic) bond motifs is 1. The van der Waals surface area contributed by atoms with Crippen LogP contribution in [0, 0.1) is 6.92 Å². The average molecular weight is 445 g/mol. The predicted octanol–water partition coefficient (Wildman–Crippen LogP) is 3.23. The largest absolute Gasteiger partial charge is 0.382 e. The number of hydrogen-bond acceptors (Lipinski definition) is 7. The summed E-state index contributed by atoms with van der Waals surface area (Å²) >= 11 is 6.47. The Morgan fingerprint density at radius 1 is 1.37 bits per heavy atom. The number of amides is 1. The van der Waals surface area contributed by atoms with Crippen molar-refractivity contribution in [1.29, 1.82) is 0 Å². The van der Waals surface area contributed by atoms with Crippen LogP contribution in [0.2, 0.25) is 0 Å². The number of carbonyl (C=O) groups is 1. The van der Waals surface area contributed by atoms with E-state index in [-0.39, 0.29) is 11.5 Å². The van der Waals surface area contributed by atoms with Crippen molar-refractivity contribution < 1.29 is 9.53 Å². The first-order valence-corrected chi connectivity index (χ1v) is 10.9. The highest BCUT2D eigenvalue weighted by Gasteiger charge is 2.31. The molecule has 0 saturated carbocycles. The van der Waals surface area contributed by atoms with E-state index >= 15 is 0 Å². The number of aromatic nitrogens is 2. The quantitative estimate of drug-likeness (QED) is 0.275. The molecule has 7 nitrogen and oxygen atoms in total. The third kappa shape index (κ3) is 4.80. The standard InChI is InChI=1S/C21H24N4O3S2/c1-4-10-24-20(27)16(30-21(24)29)12-15-18(22-9-6-11-28-5-2)23-17-8-7-14(3)13-25(17)19(15)26/h4,7-8,12-13,22H,1,5-6,9-11H2,2-3H3/b16-12+. The molecule has 0 radical (unpaired) electrons. The van der Waals surface area contributed by atoms with Crippen molar-refractivity contribution in [3.05, 3.63) is 57.4 Å². The van der Waals surface area contributed by atoms with E-state index in [9.17, 15) is 9.59 Å². The van der Waals surface area contributed by atoms with Crippen LogP contribution in [-0.2, 0) is 9.53 Å². The lowest BCUT2D eigenvalue weighted by Crippen LogP contribution is -2.28. The smallest absolute Gasteiger partial charge is 0.267 e. The highest BCUT2D eigenvalue weighted by Crippen LogP contribution is 2.32. The molecule has 1 aliphatic heterocycles. The number of ether oxygens (including phenoxy) is 1. The van der Waals surface area contributed by atoms with Gasteiger partial charge in [-0.25, -0.2) is 4.98 Å². The first-order valence-electron chi connectivity index (χ1n) is 9.67. The second-order valence-corrected chi connectivity index (χ2v) is 8.35. The number of thioether (sulfide) groups is 1. The van der Waals surface area contributed by atoms with Crippen molar-refractivity contribution in [2.24, 2.45) is 0 Å². The summed E-state index contributed by atoms with van der Waals surface area (Å²) in [6, 6.07) is 3.70. The first kappa shape index (κ1) is 22.2. The molecule has 0 aliphatic carbocycles. The van der Waals surface area contributed by atoms with Gasteiger partial charge in [0.2, 0.25) is 0 Å². The van der Waals surface area contributed by atoms with Gasteiger partial charge in [-0.1, -0.05) is 36.1 Å². The van der Waals surface area contributed by atoms with E-state index in [0.29, 0.717) is 52.6 Å². The number of hydrogen-bond donors (Lipinski definition) is 1. The Bertz CT molecular complexity index is 1080. The third-order valence-electron chi connectivity index (χ3n) is 4.43. The maximum Gasteiger partial charge on any atom is 0.267 e. The molecule has 0 bridgehead atoms. The third-order valence-corrected chi connectivity index (χ3v) is 5.81. The Kier molecular flexibility index (Phi) is 7.41. The zero-order valence-corrected chi connectivity index (χ0v) is 18.6. The van der Waals surface area contributed by atoms with Crippen LogP contribution in [0.25, 0.3) is 11.7 Å². The fourth-order valence-electron chi connectivity index (χ4n) is 2.97. The molecule has 1 aliphatic rings. The highest BCUT2D eigenvalue weighted by molar-refractivity contribution is 8.26. The van der Waals surface area contributed by atoms with Gasteiger partial charge >= 0.3 is 0 Å². The molecule has 30 heavy (non-hydrogen) atoms. The molecule has 1 amide bonds. The van der Waals surface area contributed by atoms with Crippen molar-refractivity contribution in [3.8, 4) is 0 Å². The topological polar surface area (TPSA) is 75.9 Å². The molecule has 0 atom stereocenters. The van der Waals surface area contributed by atoms with E-state index in [1.54, 1.807) is 24.4 Å². The van der Waals surface area contributed by atoms with E-state index in [1.807, 2.05) is 19.9 Å². The van der Waals surface area contributed by atoms with Crippen LogP contribution in [0.4, 0.5) is 5.82 Å². The van der Waals surface area contributed by atoms with Crippen molar-refractivity contribution in [2.75, 3.05) is 31.6 Å². The molecule has 2 aromatic heterocycles. The second-order valence-electron chi connectivity index (χ2n) is 6.67. The van der Waals surface area contributed by atoms with Gasteiger partial charge in [-0.15, -0.1) is 6.58 Å². The summed E-state index contributed by atoms with van der Waals surface area (Å²) in [6.45, 7) is 9.71. The summed E-state index contributed by atoms with van der Waals surface area (Å²) in [5.41, 5.74) is 1.56. The van der Waals surface area contributed by atoms with Crippen LogP contribution in [-0.4, -0.2) is 50.8 Å². The Hall–Kier alpha value is -2.49. The van der Waals surface area contributed by atoms with Gasteiger partial charge in [-0.3, -0.25) is 18.9 Å². The fourth-order valence-corrected chi connectivity index (χ4v) is 4.22. The first-order chi connectivity index (χ1) is 14.5. The molecule has 3 heterocycles. The summed E-state index contributed by atoms with van der Waals surface area (Å²) in [5.74, 6) is 0.204. The summed E-state index contributed by atoms with van der Waals surface area (Å²) < 4.78 is 7.31. The number of anilines is 1. The van der Waals surface area contributed by atoms with Crippen molar-refractivity contribution in [1.82, 2.24) is 14.3 Å². The lowest BCUT2D eigenvalue weighted by Gasteiger charge is -2.12. The van der Waals surface area contributed by atoms with Crippen molar-refractivity contribution >= 4 is 51.7 Å². The van der Waals surface area contributed by atoms with Gasteiger partial charge < -0.3 is 10.1 Å². The number of rotatable bonds is 9. The van der Waals surface area contributed by atoms with Gasteiger partial charge in [-0.05, 0) is 38.0 Å². The molecule has 0 unspecified atom stereocenters. The number of carbonyl (C=O) groups excluding carboxylic acids is 1. The lowest BCUT2D eigenvalue weighted by atomic mass is 10.2. The highest BCUT2D eigenvalue weighted by atomic mass is 32.2. The minimum absolute atomic E-state index is 0.235. The van der Waals surface area contributed by atoms with E-state index in [2.05, 4.69) is 16.9 Å². The number of nitrogens with one attached hydrogen (secondary N) is 1. The van der Waals surface area contributed by atoms with Gasteiger partial charge in [0.15, 0.2) is 0 Å². The molecule has 0 aromatic carbocycles. The normalized spacial score (nSPS) is 15.4. The number of nitrogens with zero attached hydrogens (tertiary/aromatic N) is 3. The molecule has 1 fully saturated rings. The van der Waals surface area contributed by atoms with Crippen molar-refractivity contribution in [2.45, 2.75) is 20.3 Å². The van der Waals surface area contributed by atoms with Crippen LogP contribution >= 0.6 is 24.0 Å². The number of aryl methyl sites for hydroxylation is 1. The van der Waals surface area contributed by atoms with Crippen molar-refractivity contribution in [3.63, 3.8) is 0 Å². The minimum atomic E-state index is -0.245. The summed E-state index contributed by atoms with van der Waals surface area (Å²) in [7, 11) is 0. The number of pyridine rings is 1. The van der Waals surface area contributed by atoms with Gasteiger partial charge in [0, 0.05) is 32.5 Å². The minimum Gasteiger partial charge on any atom is -0.382 e. The van der Waals surface area contributed by atoms with E-state index in [0.717, 1.165) is 12.0 Å². The maximum absolute atomic E-state index is 13.3. The van der Waals surface area contributed by atoms with Gasteiger partial charge in [0.05, 0.1) is 10.5 Å². The van der Waals surface area contributed by atoms with E-state index in [1.165, 1.54) is 21.1 Å². The molecule has 1 N–H and O–H groups in total. The summed E-state index contributed by atoms with van der Waals surface area (Å²) in [4.78, 5) is 32.4. The summed E-state index contributed by atoms with van der Waals surface area (Å²) in [5, 5.41) is 3.22. The van der Waals surface area contributed by atoms with E-state index in [4.69, 9.17) is 17.0 Å². The van der Waals surface area contributed by atoms with Gasteiger partial charge in [0.25, 0.3) is 11.5 Å². The Labute approximate surface area is 184 Å². The zero-order chi connectivity index (χ0) is 21.7.